The second kappa shape index (κ2) is 6.53. The summed E-state index contributed by atoms with van der Waals surface area (Å²) in [5.41, 5.74) is 0.613. The van der Waals surface area contributed by atoms with Crippen LogP contribution in [0.2, 0.25) is 0 Å². The summed E-state index contributed by atoms with van der Waals surface area (Å²) in [5.74, 6) is 0. The van der Waals surface area contributed by atoms with Crippen LogP contribution in [0.15, 0.2) is 47.6 Å². The molecule has 2 aromatic rings. The summed E-state index contributed by atoms with van der Waals surface area (Å²) in [5, 5.41) is 7.07. The van der Waals surface area contributed by atoms with E-state index in [0.717, 1.165) is 0 Å². The first-order chi connectivity index (χ1) is 9.63. The highest BCUT2D eigenvalue weighted by molar-refractivity contribution is 7.89. The van der Waals surface area contributed by atoms with Crippen LogP contribution in [0.5, 0.6) is 0 Å². The lowest BCUT2D eigenvalue weighted by molar-refractivity contribution is 0.561. The SMILES string of the molecule is CCNc1ccccc1S(=O)(=O)NCCn1cccn1. The van der Waals surface area contributed by atoms with Crippen molar-refractivity contribution in [1.29, 1.82) is 0 Å². The zero-order chi connectivity index (χ0) is 14.4. The molecular formula is C13H18N4O2S. The Hall–Kier alpha value is -1.86. The Kier molecular flexibility index (Phi) is 4.75. The number of nitrogens with one attached hydrogen (secondary N) is 2. The summed E-state index contributed by atoms with van der Waals surface area (Å²) in [6.07, 6.45) is 3.45. The van der Waals surface area contributed by atoms with Crippen LogP contribution in [0.3, 0.4) is 0 Å². The molecule has 0 aliphatic rings. The van der Waals surface area contributed by atoms with Gasteiger partial charge in [-0.3, -0.25) is 4.68 Å². The standard InChI is InChI=1S/C13H18N4O2S/c1-2-14-12-6-3-4-7-13(12)20(18,19)16-9-11-17-10-5-8-15-17/h3-8,10,14,16H,2,9,11H2,1H3. The molecular weight excluding hydrogens is 276 g/mol. The minimum Gasteiger partial charge on any atom is -0.384 e. The van der Waals surface area contributed by atoms with Crippen LogP contribution in [-0.4, -0.2) is 31.3 Å². The average molecular weight is 294 g/mol. The molecule has 0 fully saturated rings. The molecule has 6 nitrogen and oxygen atoms in total. The number of para-hydroxylation sites is 1. The summed E-state index contributed by atoms with van der Waals surface area (Å²) >= 11 is 0. The van der Waals surface area contributed by atoms with Gasteiger partial charge < -0.3 is 5.32 Å². The fourth-order valence-electron chi connectivity index (χ4n) is 1.84. The highest BCUT2D eigenvalue weighted by atomic mass is 32.2. The molecule has 108 valence electrons. The second-order valence-electron chi connectivity index (χ2n) is 4.19. The molecule has 0 spiro atoms. The molecule has 0 unspecified atom stereocenters. The molecule has 0 saturated heterocycles. The summed E-state index contributed by atoms with van der Waals surface area (Å²) in [4.78, 5) is 0.266. The monoisotopic (exact) mass is 294 g/mol. The molecule has 1 aromatic carbocycles. The summed E-state index contributed by atoms with van der Waals surface area (Å²) < 4.78 is 28.8. The molecule has 2 N–H and O–H groups in total. The number of sulfonamides is 1. The van der Waals surface area contributed by atoms with Gasteiger partial charge in [0, 0.05) is 25.5 Å². The van der Waals surface area contributed by atoms with Crippen molar-refractivity contribution in [2.24, 2.45) is 0 Å². The van der Waals surface area contributed by atoms with Gasteiger partial charge in [-0.1, -0.05) is 12.1 Å². The zero-order valence-electron chi connectivity index (χ0n) is 11.3. The van der Waals surface area contributed by atoms with Gasteiger partial charge in [0.15, 0.2) is 0 Å². The zero-order valence-corrected chi connectivity index (χ0v) is 12.1. The van der Waals surface area contributed by atoms with Crippen molar-refractivity contribution in [3.63, 3.8) is 0 Å². The lowest BCUT2D eigenvalue weighted by Gasteiger charge is -2.12. The van der Waals surface area contributed by atoms with E-state index >= 15 is 0 Å². The molecule has 1 heterocycles. The predicted octanol–water partition coefficient (Wildman–Crippen LogP) is 1.29. The van der Waals surface area contributed by atoms with Crippen LogP contribution < -0.4 is 10.0 Å². The largest absolute Gasteiger partial charge is 0.384 e. The first-order valence-electron chi connectivity index (χ1n) is 6.43. The van der Waals surface area contributed by atoms with Gasteiger partial charge in [-0.25, -0.2) is 13.1 Å². The fraction of sp³-hybridized carbons (Fsp3) is 0.308. The van der Waals surface area contributed by atoms with Gasteiger partial charge >= 0.3 is 0 Å². The van der Waals surface area contributed by atoms with Crippen LogP contribution in [0.1, 0.15) is 6.92 Å². The normalized spacial score (nSPS) is 11.4. The smallest absolute Gasteiger partial charge is 0.242 e. The van der Waals surface area contributed by atoms with E-state index in [2.05, 4.69) is 15.1 Å². The van der Waals surface area contributed by atoms with E-state index in [1.165, 1.54) is 0 Å². The van der Waals surface area contributed by atoms with Gasteiger partial charge in [-0.15, -0.1) is 0 Å². The van der Waals surface area contributed by atoms with E-state index in [9.17, 15) is 8.42 Å². The van der Waals surface area contributed by atoms with Crippen molar-refractivity contribution in [2.75, 3.05) is 18.4 Å². The first-order valence-corrected chi connectivity index (χ1v) is 7.92. The van der Waals surface area contributed by atoms with E-state index in [1.54, 1.807) is 47.4 Å². The number of anilines is 1. The Morgan fingerprint density at radius 3 is 2.75 bits per heavy atom. The Labute approximate surface area is 118 Å². The quantitative estimate of drug-likeness (QED) is 0.807. The molecule has 0 bridgehead atoms. The summed E-state index contributed by atoms with van der Waals surface area (Å²) in [6, 6.07) is 8.67. The predicted molar refractivity (Wildman–Crippen MR) is 78.0 cm³/mol. The molecule has 0 amide bonds. The van der Waals surface area contributed by atoms with Crippen LogP contribution in [0, 0.1) is 0 Å². The van der Waals surface area contributed by atoms with Gasteiger partial charge in [-0.2, -0.15) is 5.10 Å². The molecule has 0 aliphatic heterocycles. The molecule has 2 rings (SSSR count). The van der Waals surface area contributed by atoms with Crippen molar-refractivity contribution in [1.82, 2.24) is 14.5 Å². The Morgan fingerprint density at radius 1 is 1.25 bits per heavy atom. The van der Waals surface area contributed by atoms with E-state index in [-0.39, 0.29) is 4.90 Å². The summed E-state index contributed by atoms with van der Waals surface area (Å²) in [6.45, 7) is 3.38. The molecule has 7 heteroatoms. The minimum atomic E-state index is -3.52. The van der Waals surface area contributed by atoms with E-state index in [1.807, 2.05) is 6.92 Å². The molecule has 20 heavy (non-hydrogen) atoms. The van der Waals surface area contributed by atoms with Gasteiger partial charge in [-0.05, 0) is 25.1 Å². The van der Waals surface area contributed by atoms with Crippen molar-refractivity contribution in [3.05, 3.63) is 42.7 Å². The molecule has 0 radical (unpaired) electrons. The highest BCUT2D eigenvalue weighted by Crippen LogP contribution is 2.20. The number of aromatic nitrogens is 2. The van der Waals surface area contributed by atoms with Gasteiger partial charge in [0.25, 0.3) is 0 Å². The average Bonchev–Trinajstić information content (AvgIpc) is 2.92. The number of rotatable bonds is 7. The Bertz CT molecular complexity index is 638. The molecule has 0 aliphatic carbocycles. The van der Waals surface area contributed by atoms with E-state index in [0.29, 0.717) is 25.3 Å². The Morgan fingerprint density at radius 2 is 2.05 bits per heavy atom. The van der Waals surface area contributed by atoms with Crippen molar-refractivity contribution < 1.29 is 8.42 Å². The third-order valence-electron chi connectivity index (χ3n) is 2.74. The van der Waals surface area contributed by atoms with Crippen molar-refractivity contribution >= 4 is 15.7 Å². The minimum absolute atomic E-state index is 0.266. The van der Waals surface area contributed by atoms with Gasteiger partial charge in [0.1, 0.15) is 4.90 Å². The molecule has 0 saturated carbocycles. The lowest BCUT2D eigenvalue weighted by atomic mass is 10.3. The number of hydrogen-bond acceptors (Lipinski definition) is 4. The number of hydrogen-bond donors (Lipinski definition) is 2. The van der Waals surface area contributed by atoms with Crippen LogP contribution in [0.25, 0.3) is 0 Å². The third-order valence-corrected chi connectivity index (χ3v) is 4.26. The maximum atomic E-state index is 12.3. The van der Waals surface area contributed by atoms with Gasteiger partial charge in [0.05, 0.1) is 12.2 Å². The van der Waals surface area contributed by atoms with Crippen molar-refractivity contribution in [3.8, 4) is 0 Å². The number of benzene rings is 1. The topological polar surface area (TPSA) is 76.0 Å². The van der Waals surface area contributed by atoms with E-state index in [4.69, 9.17) is 0 Å². The number of nitrogens with zero attached hydrogens (tertiary/aromatic N) is 2. The van der Waals surface area contributed by atoms with Crippen LogP contribution in [0.4, 0.5) is 5.69 Å². The van der Waals surface area contributed by atoms with Gasteiger partial charge in [0.2, 0.25) is 10.0 Å². The Balaban J connectivity index is 2.06. The lowest BCUT2D eigenvalue weighted by Crippen LogP contribution is -2.28. The third kappa shape index (κ3) is 3.58. The second-order valence-corrected chi connectivity index (χ2v) is 5.93. The fourth-order valence-corrected chi connectivity index (χ4v) is 3.05. The highest BCUT2D eigenvalue weighted by Gasteiger charge is 2.17. The van der Waals surface area contributed by atoms with Crippen LogP contribution in [-0.2, 0) is 16.6 Å². The van der Waals surface area contributed by atoms with Crippen molar-refractivity contribution in [2.45, 2.75) is 18.4 Å². The molecule has 1 aromatic heterocycles. The van der Waals surface area contributed by atoms with Crippen LogP contribution >= 0.6 is 0 Å². The summed E-state index contributed by atoms with van der Waals surface area (Å²) in [7, 11) is -3.52. The maximum Gasteiger partial charge on any atom is 0.242 e. The molecule has 0 atom stereocenters. The van der Waals surface area contributed by atoms with E-state index < -0.39 is 10.0 Å². The first kappa shape index (κ1) is 14.5. The maximum absolute atomic E-state index is 12.3.